The molecule has 1 amide bonds. The van der Waals surface area contributed by atoms with E-state index in [0.717, 1.165) is 11.1 Å². The van der Waals surface area contributed by atoms with Crippen molar-refractivity contribution in [2.45, 2.75) is 13.8 Å². The lowest BCUT2D eigenvalue weighted by atomic mass is 10.1. The normalized spacial score (nSPS) is 10.7. The van der Waals surface area contributed by atoms with Gasteiger partial charge in [0.1, 0.15) is 5.75 Å². The smallest absolute Gasteiger partial charge is 0.270 e. The average molecular weight is 392 g/mol. The third kappa shape index (κ3) is 3.92. The van der Waals surface area contributed by atoms with Crippen molar-refractivity contribution < 1.29 is 14.5 Å². The summed E-state index contributed by atoms with van der Waals surface area (Å²) in [5.41, 5.74) is 2.31. The lowest BCUT2D eigenvalue weighted by Crippen LogP contribution is -2.20. The van der Waals surface area contributed by atoms with Gasteiger partial charge in [0.2, 0.25) is 0 Å². The number of aromatic nitrogens is 1. The molecule has 134 valence electrons. The summed E-state index contributed by atoms with van der Waals surface area (Å²) in [4.78, 5) is 26.7. The maximum absolute atomic E-state index is 12.1. The van der Waals surface area contributed by atoms with E-state index in [9.17, 15) is 14.9 Å². The number of nitrogens with one attached hydrogen (secondary N) is 1. The molecule has 0 spiro atoms. The van der Waals surface area contributed by atoms with Gasteiger partial charge in [-0.05, 0) is 43.2 Å². The maximum Gasteiger partial charge on any atom is 0.270 e. The van der Waals surface area contributed by atoms with Crippen molar-refractivity contribution in [2.75, 3.05) is 11.9 Å². The summed E-state index contributed by atoms with van der Waals surface area (Å²) in [5.74, 6) is 0.184. The highest BCUT2D eigenvalue weighted by Crippen LogP contribution is 2.29. The van der Waals surface area contributed by atoms with Crippen LogP contribution in [-0.4, -0.2) is 22.4 Å². The zero-order valence-corrected chi connectivity index (χ0v) is 15.5. The summed E-state index contributed by atoms with van der Waals surface area (Å²) in [5, 5.41) is 14.5. The molecule has 0 aliphatic carbocycles. The molecule has 1 heterocycles. The number of amides is 1. The number of nitro benzene ring substituents is 1. The number of thiazole rings is 1. The van der Waals surface area contributed by atoms with Gasteiger partial charge in [0.05, 0.1) is 15.1 Å². The lowest BCUT2D eigenvalue weighted by molar-refractivity contribution is -0.384. The van der Waals surface area contributed by atoms with Gasteiger partial charge < -0.3 is 4.74 Å². The first-order chi connectivity index (χ1) is 12.3. The summed E-state index contributed by atoms with van der Waals surface area (Å²) in [6.07, 6.45) is 0. The lowest BCUT2D eigenvalue weighted by Gasteiger charge is -2.09. The van der Waals surface area contributed by atoms with E-state index in [2.05, 4.69) is 10.3 Å². The standard InChI is InChI=1S/C17H14ClN3O4S/c1-9-5-12(6-10(2)16(9)18)25-8-15(22)20-17-19-13-4-3-11(21(23)24)7-14(13)26-17/h3-7H,8H2,1-2H3,(H,19,20,22). The Morgan fingerprint density at radius 1 is 1.31 bits per heavy atom. The Balaban J connectivity index is 1.66. The fraction of sp³-hybridized carbons (Fsp3) is 0.176. The number of hydrogen-bond acceptors (Lipinski definition) is 6. The largest absolute Gasteiger partial charge is 0.484 e. The Labute approximate surface area is 157 Å². The summed E-state index contributed by atoms with van der Waals surface area (Å²) in [6, 6.07) is 7.88. The van der Waals surface area contributed by atoms with Crippen LogP contribution in [0.2, 0.25) is 5.02 Å². The molecule has 0 aliphatic heterocycles. The van der Waals surface area contributed by atoms with Crippen LogP contribution >= 0.6 is 22.9 Å². The molecule has 1 aromatic heterocycles. The van der Waals surface area contributed by atoms with Gasteiger partial charge in [-0.25, -0.2) is 4.98 Å². The number of ether oxygens (including phenoxy) is 1. The van der Waals surface area contributed by atoms with Crippen molar-refractivity contribution >= 4 is 49.9 Å². The highest BCUT2D eigenvalue weighted by molar-refractivity contribution is 7.22. The third-order valence-electron chi connectivity index (χ3n) is 3.61. The fourth-order valence-corrected chi connectivity index (χ4v) is 3.40. The molecule has 2 aromatic carbocycles. The van der Waals surface area contributed by atoms with E-state index in [1.807, 2.05) is 13.8 Å². The van der Waals surface area contributed by atoms with Gasteiger partial charge in [-0.1, -0.05) is 22.9 Å². The molecule has 0 saturated carbocycles. The number of aryl methyl sites for hydroxylation is 2. The fourth-order valence-electron chi connectivity index (χ4n) is 2.37. The van der Waals surface area contributed by atoms with E-state index in [-0.39, 0.29) is 18.2 Å². The topological polar surface area (TPSA) is 94.4 Å². The molecule has 0 aliphatic rings. The molecule has 0 unspecified atom stereocenters. The second-order valence-electron chi connectivity index (χ2n) is 5.64. The van der Waals surface area contributed by atoms with Gasteiger partial charge in [0.15, 0.2) is 11.7 Å². The molecule has 1 N–H and O–H groups in total. The van der Waals surface area contributed by atoms with Gasteiger partial charge in [-0.15, -0.1) is 0 Å². The van der Waals surface area contributed by atoms with Crippen molar-refractivity contribution in [2.24, 2.45) is 0 Å². The molecule has 7 nitrogen and oxygen atoms in total. The number of carbonyl (C=O) groups excluding carboxylic acids is 1. The second-order valence-corrected chi connectivity index (χ2v) is 7.04. The first-order valence-corrected chi connectivity index (χ1v) is 8.77. The predicted octanol–water partition coefficient (Wildman–Crippen LogP) is 4.49. The minimum Gasteiger partial charge on any atom is -0.484 e. The maximum atomic E-state index is 12.1. The molecular formula is C17H14ClN3O4S. The number of non-ortho nitro benzene ring substituents is 1. The molecule has 0 radical (unpaired) electrons. The van der Waals surface area contributed by atoms with Crippen LogP contribution in [0.15, 0.2) is 30.3 Å². The average Bonchev–Trinajstić information content (AvgIpc) is 2.98. The molecular weight excluding hydrogens is 378 g/mol. The summed E-state index contributed by atoms with van der Waals surface area (Å²) >= 11 is 7.27. The monoisotopic (exact) mass is 391 g/mol. The number of nitrogens with zero attached hydrogens (tertiary/aromatic N) is 2. The zero-order valence-electron chi connectivity index (χ0n) is 13.9. The number of nitro groups is 1. The molecule has 3 rings (SSSR count). The zero-order chi connectivity index (χ0) is 18.8. The number of rotatable bonds is 5. The van der Waals surface area contributed by atoms with Crippen molar-refractivity contribution in [3.05, 3.63) is 56.6 Å². The van der Waals surface area contributed by atoms with Gasteiger partial charge in [-0.2, -0.15) is 0 Å². The molecule has 0 bridgehead atoms. The first kappa shape index (κ1) is 18.1. The van der Waals surface area contributed by atoms with Crippen molar-refractivity contribution in [3.63, 3.8) is 0 Å². The van der Waals surface area contributed by atoms with Gasteiger partial charge in [-0.3, -0.25) is 20.2 Å². The number of anilines is 1. The van der Waals surface area contributed by atoms with E-state index < -0.39 is 4.92 Å². The second kappa shape index (κ2) is 7.27. The number of carbonyl (C=O) groups is 1. The van der Waals surface area contributed by atoms with E-state index in [1.165, 1.54) is 23.5 Å². The quantitative estimate of drug-likeness (QED) is 0.510. The minimum atomic E-state index is -0.471. The summed E-state index contributed by atoms with van der Waals surface area (Å²) in [6.45, 7) is 3.54. The molecule has 3 aromatic rings. The van der Waals surface area contributed by atoms with Crippen LogP contribution < -0.4 is 10.1 Å². The molecule has 0 fully saturated rings. The van der Waals surface area contributed by atoms with Crippen LogP contribution in [0.5, 0.6) is 5.75 Å². The van der Waals surface area contributed by atoms with Crippen LogP contribution in [0, 0.1) is 24.0 Å². The summed E-state index contributed by atoms with van der Waals surface area (Å²) < 4.78 is 6.12. The van der Waals surface area contributed by atoms with Crippen molar-refractivity contribution in [1.29, 1.82) is 0 Å². The minimum absolute atomic E-state index is 0.0177. The molecule has 0 atom stereocenters. The highest BCUT2D eigenvalue weighted by Gasteiger charge is 2.13. The van der Waals surface area contributed by atoms with Crippen molar-refractivity contribution in [3.8, 4) is 5.75 Å². The number of benzene rings is 2. The SMILES string of the molecule is Cc1cc(OCC(=O)Nc2nc3ccc([N+](=O)[O-])cc3s2)cc(C)c1Cl. The Bertz CT molecular complexity index is 995. The van der Waals surface area contributed by atoms with Crippen LogP contribution in [0.1, 0.15) is 11.1 Å². The van der Waals surface area contributed by atoms with Crippen LogP contribution in [0.25, 0.3) is 10.2 Å². The Kier molecular flexibility index (Phi) is 5.06. The Hall–Kier alpha value is -2.71. The number of hydrogen-bond donors (Lipinski definition) is 1. The third-order valence-corrected chi connectivity index (χ3v) is 5.14. The number of halogens is 1. The molecule has 9 heteroatoms. The van der Waals surface area contributed by atoms with Gasteiger partial charge >= 0.3 is 0 Å². The van der Waals surface area contributed by atoms with E-state index in [0.29, 0.717) is 26.1 Å². The van der Waals surface area contributed by atoms with Crippen LogP contribution in [0.3, 0.4) is 0 Å². The Morgan fingerprint density at radius 2 is 2.00 bits per heavy atom. The van der Waals surface area contributed by atoms with Gasteiger partial charge in [0.25, 0.3) is 11.6 Å². The number of fused-ring (bicyclic) bond motifs is 1. The highest BCUT2D eigenvalue weighted by atomic mass is 35.5. The summed E-state index contributed by atoms with van der Waals surface area (Å²) in [7, 11) is 0. The van der Waals surface area contributed by atoms with Crippen molar-refractivity contribution in [1.82, 2.24) is 4.98 Å². The molecule has 26 heavy (non-hydrogen) atoms. The first-order valence-electron chi connectivity index (χ1n) is 7.58. The Morgan fingerprint density at radius 3 is 2.65 bits per heavy atom. The van der Waals surface area contributed by atoms with E-state index in [4.69, 9.17) is 16.3 Å². The molecule has 0 saturated heterocycles. The van der Waals surface area contributed by atoms with Gasteiger partial charge in [0, 0.05) is 17.2 Å². The van der Waals surface area contributed by atoms with Crippen LogP contribution in [-0.2, 0) is 4.79 Å². The van der Waals surface area contributed by atoms with E-state index >= 15 is 0 Å². The van der Waals surface area contributed by atoms with Crippen LogP contribution in [0.4, 0.5) is 10.8 Å². The predicted molar refractivity (Wildman–Crippen MR) is 101 cm³/mol. The van der Waals surface area contributed by atoms with E-state index in [1.54, 1.807) is 18.2 Å².